The Morgan fingerprint density at radius 1 is 0.963 bits per heavy atom. The third kappa shape index (κ3) is 3.64. The minimum Gasteiger partial charge on any atom is -0.459 e. The largest absolute Gasteiger partial charge is 0.459 e. The molecule has 0 radical (unpaired) electrons. The zero-order valence-electron chi connectivity index (χ0n) is 14.5. The molecule has 4 aromatic rings. The van der Waals surface area contributed by atoms with Crippen molar-refractivity contribution in [2.45, 2.75) is 13.1 Å². The van der Waals surface area contributed by atoms with E-state index in [-0.39, 0.29) is 23.8 Å². The SMILES string of the molecule is O=C(c1ccco1)N(Cc1ccccc1)Cc1nc2ccccc2c(=O)[nH]1. The number of fused-ring (bicyclic) bond motifs is 1. The van der Waals surface area contributed by atoms with Crippen molar-refractivity contribution >= 4 is 16.8 Å². The van der Waals surface area contributed by atoms with E-state index < -0.39 is 0 Å². The number of furan rings is 1. The maximum absolute atomic E-state index is 12.9. The van der Waals surface area contributed by atoms with Gasteiger partial charge in [0.15, 0.2) is 5.76 Å². The molecule has 0 aliphatic heterocycles. The van der Waals surface area contributed by atoms with Crippen LogP contribution in [0, 0.1) is 0 Å². The van der Waals surface area contributed by atoms with Gasteiger partial charge in [0.25, 0.3) is 11.5 Å². The summed E-state index contributed by atoms with van der Waals surface area (Å²) < 4.78 is 5.26. The number of amides is 1. The predicted molar refractivity (Wildman–Crippen MR) is 101 cm³/mol. The van der Waals surface area contributed by atoms with Gasteiger partial charge in [-0.2, -0.15) is 0 Å². The monoisotopic (exact) mass is 359 g/mol. The summed E-state index contributed by atoms with van der Waals surface area (Å²) in [6, 6.07) is 20.1. The number of nitrogens with one attached hydrogen (secondary N) is 1. The van der Waals surface area contributed by atoms with Gasteiger partial charge in [-0.3, -0.25) is 9.59 Å². The number of aromatic amines is 1. The molecule has 6 heteroatoms. The van der Waals surface area contributed by atoms with Crippen LogP contribution in [0.4, 0.5) is 0 Å². The van der Waals surface area contributed by atoms with Gasteiger partial charge in [-0.05, 0) is 29.8 Å². The van der Waals surface area contributed by atoms with Crippen LogP contribution in [0.3, 0.4) is 0 Å². The Labute approximate surface area is 155 Å². The number of benzene rings is 2. The van der Waals surface area contributed by atoms with E-state index in [0.29, 0.717) is 23.3 Å². The molecule has 0 spiro atoms. The van der Waals surface area contributed by atoms with Gasteiger partial charge in [-0.1, -0.05) is 42.5 Å². The fourth-order valence-corrected chi connectivity index (χ4v) is 2.95. The highest BCUT2D eigenvalue weighted by molar-refractivity contribution is 5.91. The van der Waals surface area contributed by atoms with Crippen molar-refractivity contribution in [3.05, 3.63) is 100 Å². The number of rotatable bonds is 5. The van der Waals surface area contributed by atoms with Gasteiger partial charge in [0.05, 0.1) is 23.7 Å². The van der Waals surface area contributed by atoms with Crippen LogP contribution in [0.15, 0.2) is 82.2 Å². The van der Waals surface area contributed by atoms with Crippen molar-refractivity contribution in [1.29, 1.82) is 0 Å². The van der Waals surface area contributed by atoms with Crippen LogP contribution >= 0.6 is 0 Å². The molecular weight excluding hydrogens is 342 g/mol. The van der Waals surface area contributed by atoms with Gasteiger partial charge in [0.2, 0.25) is 0 Å². The Balaban J connectivity index is 1.68. The summed E-state index contributed by atoms with van der Waals surface area (Å²) in [5.41, 5.74) is 1.35. The van der Waals surface area contributed by atoms with Crippen molar-refractivity contribution in [3.8, 4) is 0 Å². The first-order chi connectivity index (χ1) is 13.2. The topological polar surface area (TPSA) is 79.2 Å². The summed E-state index contributed by atoms with van der Waals surface area (Å²) in [6.45, 7) is 0.533. The van der Waals surface area contributed by atoms with E-state index in [4.69, 9.17) is 4.42 Å². The van der Waals surface area contributed by atoms with Crippen molar-refractivity contribution in [2.24, 2.45) is 0 Å². The molecule has 4 rings (SSSR count). The summed E-state index contributed by atoms with van der Waals surface area (Å²) in [7, 11) is 0. The minimum absolute atomic E-state index is 0.161. The van der Waals surface area contributed by atoms with Crippen LogP contribution in [0.5, 0.6) is 0 Å². The lowest BCUT2D eigenvalue weighted by molar-refractivity contribution is 0.0693. The maximum atomic E-state index is 12.9. The van der Waals surface area contributed by atoms with E-state index in [1.165, 1.54) is 6.26 Å². The fourth-order valence-electron chi connectivity index (χ4n) is 2.95. The molecular formula is C21H17N3O3. The van der Waals surface area contributed by atoms with E-state index in [0.717, 1.165) is 5.56 Å². The molecule has 0 atom stereocenters. The highest BCUT2D eigenvalue weighted by Crippen LogP contribution is 2.14. The summed E-state index contributed by atoms with van der Waals surface area (Å²) in [4.78, 5) is 34.1. The Morgan fingerprint density at radius 3 is 2.52 bits per heavy atom. The second-order valence-electron chi connectivity index (χ2n) is 6.15. The van der Waals surface area contributed by atoms with Crippen molar-refractivity contribution in [1.82, 2.24) is 14.9 Å². The smallest absolute Gasteiger partial charge is 0.290 e. The first-order valence-electron chi connectivity index (χ1n) is 8.55. The number of hydrogen-bond donors (Lipinski definition) is 1. The molecule has 0 saturated heterocycles. The van der Waals surface area contributed by atoms with Gasteiger partial charge in [0, 0.05) is 6.54 Å². The number of hydrogen-bond acceptors (Lipinski definition) is 4. The zero-order valence-corrected chi connectivity index (χ0v) is 14.5. The van der Waals surface area contributed by atoms with Crippen LogP contribution in [-0.2, 0) is 13.1 Å². The standard InChI is InChI=1S/C21H17N3O3/c25-20-16-9-4-5-10-17(16)22-19(23-20)14-24(13-15-7-2-1-3-8-15)21(26)18-11-6-12-27-18/h1-12H,13-14H2,(H,22,23,25). The molecule has 2 aromatic heterocycles. The average molecular weight is 359 g/mol. The molecule has 0 aliphatic carbocycles. The van der Waals surface area contributed by atoms with Crippen LogP contribution in [-0.4, -0.2) is 20.8 Å². The third-order valence-corrected chi connectivity index (χ3v) is 4.24. The predicted octanol–water partition coefficient (Wildman–Crippen LogP) is 3.36. The average Bonchev–Trinajstić information content (AvgIpc) is 3.23. The summed E-state index contributed by atoms with van der Waals surface area (Å²) >= 11 is 0. The molecule has 0 fully saturated rings. The van der Waals surface area contributed by atoms with Crippen molar-refractivity contribution in [3.63, 3.8) is 0 Å². The molecule has 0 aliphatic rings. The van der Waals surface area contributed by atoms with Crippen LogP contribution in [0.1, 0.15) is 21.9 Å². The second kappa shape index (κ2) is 7.29. The molecule has 2 aromatic carbocycles. The molecule has 1 amide bonds. The first-order valence-corrected chi connectivity index (χ1v) is 8.55. The highest BCUT2D eigenvalue weighted by atomic mass is 16.3. The number of H-pyrrole nitrogens is 1. The molecule has 1 N–H and O–H groups in total. The lowest BCUT2D eigenvalue weighted by atomic mass is 10.2. The molecule has 6 nitrogen and oxygen atoms in total. The van der Waals surface area contributed by atoms with Crippen molar-refractivity contribution < 1.29 is 9.21 Å². The number of aromatic nitrogens is 2. The van der Waals surface area contributed by atoms with E-state index in [9.17, 15) is 9.59 Å². The highest BCUT2D eigenvalue weighted by Gasteiger charge is 2.20. The van der Waals surface area contributed by atoms with Gasteiger partial charge in [-0.25, -0.2) is 4.98 Å². The lowest BCUT2D eigenvalue weighted by Gasteiger charge is -2.21. The third-order valence-electron chi connectivity index (χ3n) is 4.24. The number of carbonyl (C=O) groups is 1. The van der Waals surface area contributed by atoms with E-state index in [2.05, 4.69) is 9.97 Å². The van der Waals surface area contributed by atoms with Crippen molar-refractivity contribution in [2.75, 3.05) is 0 Å². The maximum Gasteiger partial charge on any atom is 0.290 e. The molecule has 27 heavy (non-hydrogen) atoms. The summed E-state index contributed by atoms with van der Waals surface area (Å²) in [5, 5.41) is 0.522. The fraction of sp³-hybridized carbons (Fsp3) is 0.0952. The summed E-state index contributed by atoms with van der Waals surface area (Å²) in [6.07, 6.45) is 1.46. The quantitative estimate of drug-likeness (QED) is 0.593. The molecule has 0 unspecified atom stereocenters. The van der Waals surface area contributed by atoms with Crippen LogP contribution in [0.25, 0.3) is 10.9 Å². The molecule has 0 saturated carbocycles. The number of para-hydroxylation sites is 1. The molecule has 2 heterocycles. The lowest BCUT2D eigenvalue weighted by Crippen LogP contribution is -2.31. The molecule has 0 bridgehead atoms. The van der Waals surface area contributed by atoms with Crippen LogP contribution < -0.4 is 5.56 Å². The van der Waals surface area contributed by atoms with E-state index in [1.54, 1.807) is 35.2 Å². The number of nitrogens with zero attached hydrogens (tertiary/aromatic N) is 2. The van der Waals surface area contributed by atoms with E-state index >= 15 is 0 Å². The second-order valence-corrected chi connectivity index (χ2v) is 6.15. The van der Waals surface area contributed by atoms with Gasteiger partial charge >= 0.3 is 0 Å². The zero-order chi connectivity index (χ0) is 18.6. The Kier molecular flexibility index (Phi) is 4.53. The Morgan fingerprint density at radius 2 is 1.74 bits per heavy atom. The summed E-state index contributed by atoms with van der Waals surface area (Å²) in [5.74, 6) is 0.406. The van der Waals surface area contributed by atoms with Gasteiger partial charge in [0.1, 0.15) is 5.82 Å². The first kappa shape index (κ1) is 16.8. The van der Waals surface area contributed by atoms with Gasteiger partial charge < -0.3 is 14.3 Å². The molecule has 134 valence electrons. The van der Waals surface area contributed by atoms with Gasteiger partial charge in [-0.15, -0.1) is 0 Å². The van der Waals surface area contributed by atoms with Crippen LogP contribution in [0.2, 0.25) is 0 Å². The number of carbonyl (C=O) groups excluding carboxylic acids is 1. The normalized spacial score (nSPS) is 10.8. The van der Waals surface area contributed by atoms with E-state index in [1.807, 2.05) is 36.4 Å². The minimum atomic E-state index is -0.264. The Bertz CT molecular complexity index is 1120. The Hall–Kier alpha value is -3.67.